The second-order valence-corrected chi connectivity index (χ2v) is 7.48. The third-order valence-corrected chi connectivity index (χ3v) is 5.55. The van der Waals surface area contributed by atoms with Crippen molar-refractivity contribution in [1.82, 2.24) is 14.9 Å². The van der Waals surface area contributed by atoms with Gasteiger partial charge in [0, 0.05) is 19.4 Å². The Morgan fingerprint density at radius 3 is 2.48 bits per heavy atom. The van der Waals surface area contributed by atoms with Crippen molar-refractivity contribution in [3.05, 3.63) is 99.2 Å². The van der Waals surface area contributed by atoms with Gasteiger partial charge < -0.3 is 9.88 Å². The van der Waals surface area contributed by atoms with E-state index in [1.165, 1.54) is 0 Å². The van der Waals surface area contributed by atoms with Crippen molar-refractivity contribution in [2.75, 3.05) is 6.54 Å². The van der Waals surface area contributed by atoms with Crippen molar-refractivity contribution in [3.63, 3.8) is 0 Å². The number of carbonyl (C=O) groups is 1. The van der Waals surface area contributed by atoms with Crippen LogP contribution >= 0.6 is 0 Å². The minimum absolute atomic E-state index is 0.0807. The largest absolute Gasteiger partial charge is 0.337 e. The molecule has 0 saturated heterocycles. The molecule has 0 aliphatic carbocycles. The molecular formula is C24H25N3O2. The van der Waals surface area contributed by atoms with Crippen LogP contribution in [0.3, 0.4) is 0 Å². The van der Waals surface area contributed by atoms with Gasteiger partial charge in [0.1, 0.15) is 5.82 Å². The van der Waals surface area contributed by atoms with Crippen molar-refractivity contribution < 1.29 is 4.79 Å². The molecule has 2 heterocycles. The number of hydrogen-bond donors (Lipinski definition) is 1. The lowest BCUT2D eigenvalue weighted by molar-refractivity contribution is -0.133. The minimum Gasteiger partial charge on any atom is -0.337 e. The van der Waals surface area contributed by atoms with E-state index in [-0.39, 0.29) is 17.4 Å². The van der Waals surface area contributed by atoms with Gasteiger partial charge in [-0.1, -0.05) is 67.6 Å². The van der Waals surface area contributed by atoms with Gasteiger partial charge in [-0.3, -0.25) is 9.59 Å². The molecule has 5 heteroatoms. The molecule has 4 rings (SSSR count). The van der Waals surface area contributed by atoms with Crippen LogP contribution in [0.25, 0.3) is 0 Å². The Balaban J connectivity index is 1.54. The number of hydrogen-bond acceptors (Lipinski definition) is 3. The van der Waals surface area contributed by atoms with E-state index in [1.54, 1.807) is 4.90 Å². The summed E-state index contributed by atoms with van der Waals surface area (Å²) in [4.78, 5) is 35.3. The van der Waals surface area contributed by atoms with Crippen LogP contribution in [-0.4, -0.2) is 27.3 Å². The van der Waals surface area contributed by atoms with Gasteiger partial charge in [-0.25, -0.2) is 4.98 Å². The molecule has 148 valence electrons. The van der Waals surface area contributed by atoms with Crippen LogP contribution in [0.4, 0.5) is 0 Å². The summed E-state index contributed by atoms with van der Waals surface area (Å²) in [5, 5.41) is 0. The Bertz CT molecular complexity index is 1040. The van der Waals surface area contributed by atoms with Gasteiger partial charge in [-0.05, 0) is 17.5 Å². The van der Waals surface area contributed by atoms with E-state index in [0.29, 0.717) is 37.3 Å². The standard InChI is InChI=1S/C24H25N3O2/c1-2-19(18-11-7-4-8-12-18)24(29)27-14-13-21-20(16-27)23(28)26-22(25-21)15-17-9-5-3-6-10-17/h3-12,19H,2,13-16H2,1H3,(H,25,26,28)/t19-/m0/s1. The third kappa shape index (κ3) is 4.14. The summed E-state index contributed by atoms with van der Waals surface area (Å²) in [6.07, 6.45) is 1.94. The predicted octanol–water partition coefficient (Wildman–Crippen LogP) is 3.44. The van der Waals surface area contributed by atoms with E-state index in [4.69, 9.17) is 4.98 Å². The molecule has 0 unspecified atom stereocenters. The highest BCUT2D eigenvalue weighted by molar-refractivity contribution is 5.84. The SMILES string of the molecule is CC[C@H](C(=O)N1CCc2nc(Cc3ccccc3)[nH]c(=O)c2C1)c1ccccc1. The van der Waals surface area contributed by atoms with Crippen molar-refractivity contribution in [2.45, 2.75) is 38.6 Å². The summed E-state index contributed by atoms with van der Waals surface area (Å²) in [5.41, 5.74) is 3.43. The number of nitrogens with zero attached hydrogens (tertiary/aromatic N) is 2. The zero-order valence-electron chi connectivity index (χ0n) is 16.6. The van der Waals surface area contributed by atoms with E-state index < -0.39 is 0 Å². The number of amides is 1. The summed E-state index contributed by atoms with van der Waals surface area (Å²) < 4.78 is 0. The molecule has 1 aliphatic heterocycles. The molecule has 0 bridgehead atoms. The average Bonchev–Trinajstić information content (AvgIpc) is 2.75. The summed E-state index contributed by atoms with van der Waals surface area (Å²) in [6, 6.07) is 19.8. The Hall–Kier alpha value is -3.21. The molecule has 0 spiro atoms. The monoisotopic (exact) mass is 387 g/mol. The number of carbonyl (C=O) groups excluding carboxylic acids is 1. The molecule has 5 nitrogen and oxygen atoms in total. The maximum absolute atomic E-state index is 13.2. The van der Waals surface area contributed by atoms with Gasteiger partial charge in [0.25, 0.3) is 5.56 Å². The molecule has 0 saturated carbocycles. The van der Waals surface area contributed by atoms with E-state index in [2.05, 4.69) is 4.98 Å². The smallest absolute Gasteiger partial charge is 0.256 e. The molecule has 29 heavy (non-hydrogen) atoms. The van der Waals surface area contributed by atoms with E-state index in [9.17, 15) is 9.59 Å². The summed E-state index contributed by atoms with van der Waals surface area (Å²) in [5.74, 6) is 0.578. The first-order valence-corrected chi connectivity index (χ1v) is 10.1. The van der Waals surface area contributed by atoms with Crippen molar-refractivity contribution >= 4 is 5.91 Å². The van der Waals surface area contributed by atoms with E-state index in [0.717, 1.165) is 23.2 Å². The molecule has 2 aromatic carbocycles. The lowest BCUT2D eigenvalue weighted by Gasteiger charge is -2.31. The number of aromatic nitrogens is 2. The van der Waals surface area contributed by atoms with Crippen molar-refractivity contribution in [1.29, 1.82) is 0 Å². The van der Waals surface area contributed by atoms with Crippen LogP contribution in [-0.2, 0) is 24.2 Å². The lowest BCUT2D eigenvalue weighted by atomic mass is 9.94. The van der Waals surface area contributed by atoms with E-state index >= 15 is 0 Å². The number of nitrogens with one attached hydrogen (secondary N) is 1. The minimum atomic E-state index is -0.179. The van der Waals surface area contributed by atoms with Gasteiger partial charge >= 0.3 is 0 Å². The highest BCUT2D eigenvalue weighted by atomic mass is 16.2. The fourth-order valence-corrected chi connectivity index (χ4v) is 4.00. The second kappa shape index (κ2) is 8.43. The Morgan fingerprint density at radius 1 is 1.10 bits per heavy atom. The number of fused-ring (bicyclic) bond motifs is 1. The quantitative estimate of drug-likeness (QED) is 0.729. The van der Waals surface area contributed by atoms with Gasteiger partial charge in [-0.2, -0.15) is 0 Å². The average molecular weight is 387 g/mol. The normalized spacial score (nSPS) is 14.3. The predicted molar refractivity (Wildman–Crippen MR) is 113 cm³/mol. The van der Waals surface area contributed by atoms with Crippen LogP contribution in [0.2, 0.25) is 0 Å². The first-order chi connectivity index (χ1) is 14.2. The molecule has 1 N–H and O–H groups in total. The highest BCUT2D eigenvalue weighted by Gasteiger charge is 2.29. The van der Waals surface area contributed by atoms with Crippen molar-refractivity contribution in [3.8, 4) is 0 Å². The second-order valence-electron chi connectivity index (χ2n) is 7.48. The molecule has 0 radical (unpaired) electrons. The fourth-order valence-electron chi connectivity index (χ4n) is 4.00. The lowest BCUT2D eigenvalue weighted by Crippen LogP contribution is -2.42. The summed E-state index contributed by atoms with van der Waals surface area (Å²) >= 11 is 0. The molecular weight excluding hydrogens is 362 g/mol. The number of H-pyrrole nitrogens is 1. The molecule has 1 aromatic heterocycles. The van der Waals surface area contributed by atoms with Crippen LogP contribution in [0.15, 0.2) is 65.5 Å². The van der Waals surface area contributed by atoms with Gasteiger partial charge in [0.15, 0.2) is 0 Å². The zero-order valence-corrected chi connectivity index (χ0v) is 16.6. The molecule has 1 amide bonds. The zero-order chi connectivity index (χ0) is 20.2. The Morgan fingerprint density at radius 2 is 1.79 bits per heavy atom. The van der Waals surface area contributed by atoms with Crippen LogP contribution in [0.1, 0.15) is 47.5 Å². The molecule has 0 fully saturated rings. The number of benzene rings is 2. The first kappa shape index (κ1) is 19.1. The third-order valence-electron chi connectivity index (χ3n) is 5.55. The highest BCUT2D eigenvalue weighted by Crippen LogP contribution is 2.25. The number of aromatic amines is 1. The maximum atomic E-state index is 13.2. The summed E-state index contributed by atoms with van der Waals surface area (Å²) in [7, 11) is 0. The van der Waals surface area contributed by atoms with Gasteiger partial charge in [0.2, 0.25) is 5.91 Å². The first-order valence-electron chi connectivity index (χ1n) is 10.1. The van der Waals surface area contributed by atoms with Gasteiger partial charge in [-0.15, -0.1) is 0 Å². The Kier molecular flexibility index (Phi) is 5.56. The fraction of sp³-hybridized carbons (Fsp3) is 0.292. The molecule has 3 aromatic rings. The van der Waals surface area contributed by atoms with Crippen LogP contribution in [0.5, 0.6) is 0 Å². The van der Waals surface area contributed by atoms with E-state index in [1.807, 2.05) is 67.6 Å². The topological polar surface area (TPSA) is 66.1 Å². The Labute approximate surface area is 170 Å². The van der Waals surface area contributed by atoms with Gasteiger partial charge in [0.05, 0.1) is 23.7 Å². The summed E-state index contributed by atoms with van der Waals surface area (Å²) in [6.45, 7) is 2.94. The van der Waals surface area contributed by atoms with Crippen LogP contribution in [0, 0.1) is 0 Å². The molecule has 1 atom stereocenters. The van der Waals surface area contributed by atoms with Crippen LogP contribution < -0.4 is 5.56 Å². The van der Waals surface area contributed by atoms with Crippen molar-refractivity contribution in [2.24, 2.45) is 0 Å². The number of rotatable bonds is 5. The molecule has 1 aliphatic rings. The maximum Gasteiger partial charge on any atom is 0.256 e.